The summed E-state index contributed by atoms with van der Waals surface area (Å²) >= 11 is 0. The Kier molecular flexibility index (Phi) is 5.99. The van der Waals surface area contributed by atoms with E-state index in [0.717, 1.165) is 12.5 Å². The van der Waals surface area contributed by atoms with Crippen molar-refractivity contribution in [3.63, 3.8) is 0 Å². The molecular weight excluding hydrogens is 278 g/mol. The van der Waals surface area contributed by atoms with Crippen LogP contribution in [-0.2, 0) is 4.79 Å². The first kappa shape index (κ1) is 16.3. The van der Waals surface area contributed by atoms with Crippen molar-refractivity contribution in [2.24, 2.45) is 0 Å². The molecule has 0 radical (unpaired) electrons. The number of aromatic hydroxyl groups is 1. The third-order valence-corrected chi connectivity index (χ3v) is 2.47. The largest absolute Gasteiger partial charge is 0.507 e. The molecule has 1 aromatic rings. The highest BCUT2D eigenvalue weighted by molar-refractivity contribution is 5.95. The molecule has 21 heavy (non-hydrogen) atoms. The predicted molar refractivity (Wildman–Crippen MR) is 75.4 cm³/mol. The molecule has 8 nitrogen and oxygen atoms in total. The number of amides is 3. The van der Waals surface area contributed by atoms with Crippen molar-refractivity contribution in [2.75, 3.05) is 18.4 Å². The highest BCUT2D eigenvalue weighted by Crippen LogP contribution is 2.21. The first-order chi connectivity index (χ1) is 9.93. The molecule has 0 saturated heterocycles. The molecule has 5 N–H and O–H groups in total. The molecule has 0 fully saturated rings. The van der Waals surface area contributed by atoms with Gasteiger partial charge < -0.3 is 26.2 Å². The number of carbonyl (C=O) groups excluding carboxylic acids is 2. The van der Waals surface area contributed by atoms with Crippen molar-refractivity contribution >= 4 is 23.6 Å². The molecule has 0 heterocycles. The van der Waals surface area contributed by atoms with Gasteiger partial charge in [-0.05, 0) is 18.6 Å². The number of aromatic carboxylic acids is 1. The molecule has 0 aliphatic heterocycles. The van der Waals surface area contributed by atoms with Crippen LogP contribution < -0.4 is 16.0 Å². The average molecular weight is 295 g/mol. The standard InChI is InChI=1S/C13H17N3O5/c1-2-5-14-11(18)7-15-13(21)16-8-3-4-9(12(19)20)10(17)6-8/h3-4,6,17H,2,5,7H2,1H3,(H,14,18)(H,19,20)(H2,15,16,21). The molecular formula is C13H17N3O5. The Hall–Kier alpha value is -2.77. The summed E-state index contributed by atoms with van der Waals surface area (Å²) in [5, 5.41) is 25.5. The highest BCUT2D eigenvalue weighted by atomic mass is 16.4. The van der Waals surface area contributed by atoms with E-state index in [-0.39, 0.29) is 23.7 Å². The Morgan fingerprint density at radius 2 is 1.90 bits per heavy atom. The van der Waals surface area contributed by atoms with Gasteiger partial charge >= 0.3 is 12.0 Å². The van der Waals surface area contributed by atoms with Crippen molar-refractivity contribution in [1.82, 2.24) is 10.6 Å². The summed E-state index contributed by atoms with van der Waals surface area (Å²) in [7, 11) is 0. The van der Waals surface area contributed by atoms with Crippen molar-refractivity contribution in [2.45, 2.75) is 13.3 Å². The number of phenols is 1. The van der Waals surface area contributed by atoms with E-state index in [2.05, 4.69) is 16.0 Å². The zero-order valence-corrected chi connectivity index (χ0v) is 11.5. The lowest BCUT2D eigenvalue weighted by molar-refractivity contribution is -0.120. The zero-order valence-electron chi connectivity index (χ0n) is 11.5. The summed E-state index contributed by atoms with van der Waals surface area (Å²) in [6.07, 6.45) is 0.799. The van der Waals surface area contributed by atoms with Crippen molar-refractivity contribution < 1.29 is 24.6 Å². The van der Waals surface area contributed by atoms with Crippen molar-refractivity contribution in [3.05, 3.63) is 23.8 Å². The van der Waals surface area contributed by atoms with Crippen LogP contribution in [0.2, 0.25) is 0 Å². The molecule has 0 saturated carbocycles. The summed E-state index contributed by atoms with van der Waals surface area (Å²) in [5.41, 5.74) is -0.0520. The average Bonchev–Trinajstić information content (AvgIpc) is 2.42. The Morgan fingerprint density at radius 3 is 2.48 bits per heavy atom. The number of benzene rings is 1. The molecule has 1 aromatic carbocycles. The fourth-order valence-corrected chi connectivity index (χ4v) is 1.45. The van der Waals surface area contributed by atoms with Gasteiger partial charge in [0, 0.05) is 18.3 Å². The topological polar surface area (TPSA) is 128 Å². The highest BCUT2D eigenvalue weighted by Gasteiger charge is 2.11. The van der Waals surface area contributed by atoms with Crippen LogP contribution in [-0.4, -0.2) is 41.2 Å². The summed E-state index contributed by atoms with van der Waals surface area (Å²) in [6, 6.07) is 2.98. The van der Waals surface area contributed by atoms with Crippen LogP contribution in [0.5, 0.6) is 5.75 Å². The van der Waals surface area contributed by atoms with Crippen LogP contribution in [0.4, 0.5) is 10.5 Å². The lowest BCUT2D eigenvalue weighted by Crippen LogP contribution is -2.39. The van der Waals surface area contributed by atoms with E-state index < -0.39 is 17.7 Å². The van der Waals surface area contributed by atoms with E-state index in [1.165, 1.54) is 12.1 Å². The van der Waals surface area contributed by atoms with Crippen LogP contribution in [0.15, 0.2) is 18.2 Å². The van der Waals surface area contributed by atoms with Crippen LogP contribution in [0, 0.1) is 0 Å². The number of carboxylic acids is 1. The second kappa shape index (κ2) is 7.73. The normalized spacial score (nSPS) is 9.76. The molecule has 0 bridgehead atoms. The van der Waals surface area contributed by atoms with E-state index in [0.29, 0.717) is 6.54 Å². The van der Waals surface area contributed by atoms with Crippen LogP contribution in [0.3, 0.4) is 0 Å². The molecule has 1 rings (SSSR count). The summed E-state index contributed by atoms with van der Waals surface area (Å²) in [5.74, 6) is -2.03. The van der Waals surface area contributed by atoms with E-state index in [1.54, 1.807) is 0 Å². The predicted octanol–water partition coefficient (Wildman–Crippen LogP) is 0.738. The monoisotopic (exact) mass is 295 g/mol. The summed E-state index contributed by atoms with van der Waals surface area (Å²) < 4.78 is 0. The Balaban J connectivity index is 2.50. The smallest absolute Gasteiger partial charge is 0.339 e. The maximum atomic E-state index is 11.5. The van der Waals surface area contributed by atoms with Gasteiger partial charge in [0.05, 0.1) is 6.54 Å². The summed E-state index contributed by atoms with van der Waals surface area (Å²) in [6.45, 7) is 2.27. The number of anilines is 1. The molecule has 0 aromatic heterocycles. The van der Waals surface area contributed by atoms with Gasteiger partial charge in [-0.3, -0.25) is 4.79 Å². The maximum absolute atomic E-state index is 11.5. The van der Waals surface area contributed by atoms with E-state index in [4.69, 9.17) is 5.11 Å². The number of carboxylic acid groups (broad SMARTS) is 1. The number of hydrogen-bond acceptors (Lipinski definition) is 4. The van der Waals surface area contributed by atoms with Crippen LogP contribution in [0.25, 0.3) is 0 Å². The first-order valence-corrected chi connectivity index (χ1v) is 6.32. The lowest BCUT2D eigenvalue weighted by Gasteiger charge is -2.09. The summed E-state index contributed by atoms with van der Waals surface area (Å²) in [4.78, 5) is 33.5. The molecule has 114 valence electrons. The van der Waals surface area contributed by atoms with Gasteiger partial charge in [0.25, 0.3) is 0 Å². The SMILES string of the molecule is CCCNC(=O)CNC(=O)Nc1ccc(C(=O)O)c(O)c1. The molecule has 0 atom stereocenters. The third kappa shape index (κ3) is 5.39. The van der Waals surface area contributed by atoms with Crippen molar-refractivity contribution in [1.29, 1.82) is 0 Å². The van der Waals surface area contributed by atoms with Gasteiger partial charge in [-0.2, -0.15) is 0 Å². The van der Waals surface area contributed by atoms with Crippen LogP contribution in [0.1, 0.15) is 23.7 Å². The van der Waals surface area contributed by atoms with E-state index in [9.17, 15) is 19.5 Å². The van der Waals surface area contributed by atoms with E-state index in [1.807, 2.05) is 6.92 Å². The molecule has 3 amide bonds. The Morgan fingerprint density at radius 1 is 1.19 bits per heavy atom. The lowest BCUT2D eigenvalue weighted by atomic mass is 10.2. The number of carbonyl (C=O) groups is 3. The number of nitrogens with one attached hydrogen (secondary N) is 3. The fraction of sp³-hybridized carbons (Fsp3) is 0.308. The van der Waals surface area contributed by atoms with Crippen LogP contribution >= 0.6 is 0 Å². The Bertz CT molecular complexity index is 545. The molecule has 0 spiro atoms. The number of rotatable bonds is 6. The third-order valence-electron chi connectivity index (χ3n) is 2.47. The quantitative estimate of drug-likeness (QED) is 0.529. The maximum Gasteiger partial charge on any atom is 0.339 e. The minimum Gasteiger partial charge on any atom is -0.507 e. The van der Waals surface area contributed by atoms with Crippen molar-refractivity contribution in [3.8, 4) is 5.75 Å². The molecule has 0 aliphatic rings. The first-order valence-electron chi connectivity index (χ1n) is 6.32. The van der Waals surface area contributed by atoms with Gasteiger partial charge in [-0.25, -0.2) is 9.59 Å². The van der Waals surface area contributed by atoms with Gasteiger partial charge in [0.1, 0.15) is 11.3 Å². The molecule has 0 unspecified atom stereocenters. The minimum absolute atomic E-state index is 0.176. The number of hydrogen-bond donors (Lipinski definition) is 5. The van der Waals surface area contributed by atoms with Gasteiger partial charge in [-0.15, -0.1) is 0 Å². The molecule has 0 aliphatic carbocycles. The van der Waals surface area contributed by atoms with Gasteiger partial charge in [-0.1, -0.05) is 6.92 Å². The van der Waals surface area contributed by atoms with Gasteiger partial charge in [0.2, 0.25) is 5.91 Å². The zero-order chi connectivity index (χ0) is 15.8. The fourth-order valence-electron chi connectivity index (χ4n) is 1.45. The number of urea groups is 1. The second-order valence-corrected chi connectivity index (χ2v) is 4.19. The Labute approximate surface area is 121 Å². The van der Waals surface area contributed by atoms with E-state index >= 15 is 0 Å². The minimum atomic E-state index is -1.27. The second-order valence-electron chi connectivity index (χ2n) is 4.19. The van der Waals surface area contributed by atoms with Gasteiger partial charge in [0.15, 0.2) is 0 Å². The molecule has 8 heteroatoms.